The van der Waals surface area contributed by atoms with Crippen molar-refractivity contribution in [3.05, 3.63) is 187 Å². The number of halogens is 4. The largest absolute Gasteiger partial charge is 0.416 e. The molecule has 0 amide bonds. The van der Waals surface area contributed by atoms with Crippen LogP contribution in [0.1, 0.15) is 44.1 Å². The first-order valence-corrected chi connectivity index (χ1v) is 37.2. The van der Waals surface area contributed by atoms with Gasteiger partial charge in [-0.2, -0.15) is 13.2 Å². The van der Waals surface area contributed by atoms with Gasteiger partial charge in [0.25, 0.3) is 0 Å². The lowest BCUT2D eigenvalue weighted by atomic mass is 9.99. The zero-order chi connectivity index (χ0) is 63.6. The van der Waals surface area contributed by atoms with Crippen molar-refractivity contribution in [2.45, 2.75) is 94.8 Å². The number of rotatable bonds is 12. The third-order valence-electron chi connectivity index (χ3n) is 18.1. The number of piperazine rings is 2. The maximum atomic E-state index is 13.3. The van der Waals surface area contributed by atoms with Crippen LogP contribution in [0.3, 0.4) is 0 Å². The first-order valence-electron chi connectivity index (χ1n) is 32.3. The van der Waals surface area contributed by atoms with Gasteiger partial charge in [0, 0.05) is 127 Å². The maximum absolute atomic E-state index is 13.3. The Morgan fingerprint density at radius 2 is 0.870 bits per heavy atom. The summed E-state index contributed by atoms with van der Waals surface area (Å²) in [6.07, 6.45) is 5.23. The summed E-state index contributed by atoms with van der Waals surface area (Å²) in [5.74, 6) is 0. The number of likely N-dealkylation sites (tertiary alicyclic amines) is 1. The molecule has 7 aliphatic heterocycles. The van der Waals surface area contributed by atoms with E-state index in [-0.39, 0.29) is 0 Å². The molecule has 92 heavy (non-hydrogen) atoms. The quantitative estimate of drug-likeness (QED) is 0.118. The molecule has 0 spiro atoms. The van der Waals surface area contributed by atoms with Crippen molar-refractivity contribution in [2.75, 3.05) is 139 Å². The number of hydrogen-bond acceptors (Lipinski definition) is 14. The fraction of sp³-hybridized carbons (Fsp3) is 0.351. The van der Waals surface area contributed by atoms with Crippen LogP contribution in [-0.2, 0) is 6.18 Å². The number of piperidine rings is 1. The van der Waals surface area contributed by atoms with Gasteiger partial charge in [-0.15, -0.1) is 11.8 Å². The molecule has 0 radical (unpaired) electrons. The van der Waals surface area contributed by atoms with E-state index in [4.69, 9.17) is 11.6 Å². The van der Waals surface area contributed by atoms with Gasteiger partial charge in [0.05, 0.1) is 51.1 Å². The molecule has 9 nitrogen and oxygen atoms in total. The number of fused-ring (bicyclic) bond motifs is 8. The van der Waals surface area contributed by atoms with Gasteiger partial charge in [0.15, 0.2) is 0 Å². The van der Waals surface area contributed by atoms with Crippen molar-refractivity contribution in [2.24, 2.45) is 0 Å². The Balaban J connectivity index is 0.000000121. The lowest BCUT2D eigenvalue weighted by molar-refractivity contribution is -0.137. The van der Waals surface area contributed by atoms with Crippen LogP contribution in [0.15, 0.2) is 220 Å². The standard InChI is InChI=1S/C21H24F3N3S.C21H26N2S2.C20H24ClN3S.C12H9NS/c1-25-11-13-26(14-12-25)9-4-10-27-17-5-2-3-6-19(17)28-20-8-7-16(15-18(20)27)21(22,23)24;1-22-13-6-5-7-16(22)12-14-23-18-8-3-4-9-20(18)25-21-11-10-17(24-2)15-19(21)23;1-22-11-13-23(14-12-22)9-4-10-24-17-5-2-3-6-19(17)25-20-8-7-16(21)15-18(20)24;1-3-7-11-9(5-1)13-10-6-2-4-8-12(10)14-11/h2-3,5-8,15H,4,9-14H2,1H3;3-4,8-11,15-16H,5-7,12-14H2,1-2H3;2-3,5-8,15H,4,9-14H2,1H3;1-8,13H. The van der Waals surface area contributed by atoms with E-state index >= 15 is 0 Å². The molecule has 1 N–H and O–H groups in total. The zero-order valence-corrected chi connectivity index (χ0v) is 57.9. The minimum absolute atomic E-state index is 0.588. The van der Waals surface area contributed by atoms with Crippen molar-refractivity contribution in [1.29, 1.82) is 0 Å². The third-order valence-corrected chi connectivity index (χ3v) is 23.7. The molecule has 3 fully saturated rings. The highest BCUT2D eigenvalue weighted by Crippen LogP contribution is 2.52. The molecule has 7 aliphatic rings. The SMILES string of the molecule is CN1CCN(CCCN2c3ccccc3Sc3ccc(C(F)(F)F)cc32)CC1.CN1CCN(CCCN2c3ccccc3Sc3ccc(Cl)cc32)CC1.CSc1ccc2c(c1)N(CCC1CCCCN1C)c1ccccc1S2.c1ccc2c(c1)Nc1ccccc1S2. The number of hydrogen-bond donors (Lipinski definition) is 1. The highest BCUT2D eigenvalue weighted by atomic mass is 35.5. The van der Waals surface area contributed by atoms with Crippen LogP contribution >= 0.6 is 70.4 Å². The first kappa shape index (κ1) is 66.6. The number of nitrogens with zero attached hydrogens (tertiary/aromatic N) is 8. The van der Waals surface area contributed by atoms with Gasteiger partial charge in [0.1, 0.15) is 0 Å². The normalized spacial score (nSPS) is 17.8. The number of thioether (sulfide) groups is 1. The molecule has 1 unspecified atom stereocenters. The molecule has 18 heteroatoms. The molecule has 8 aromatic carbocycles. The van der Waals surface area contributed by atoms with E-state index in [0.717, 1.165) is 91.7 Å². The molecule has 0 aromatic heterocycles. The summed E-state index contributed by atoms with van der Waals surface area (Å²) in [6, 6.07) is 60.2. The van der Waals surface area contributed by atoms with E-state index < -0.39 is 11.7 Å². The van der Waals surface area contributed by atoms with Gasteiger partial charge in [-0.25, -0.2) is 0 Å². The summed E-state index contributed by atoms with van der Waals surface area (Å²) in [5.41, 5.74) is 8.79. The van der Waals surface area contributed by atoms with E-state index in [1.165, 1.54) is 139 Å². The number of likely N-dealkylation sites (N-methyl/N-ethyl adjacent to an activating group) is 2. The number of para-hydroxylation sites is 5. The van der Waals surface area contributed by atoms with Crippen molar-refractivity contribution in [1.82, 2.24) is 24.5 Å². The van der Waals surface area contributed by atoms with Gasteiger partial charge in [-0.05, 0) is 194 Å². The minimum atomic E-state index is -4.33. The molecule has 0 bridgehead atoms. The Labute approximate surface area is 569 Å². The van der Waals surface area contributed by atoms with Gasteiger partial charge in [-0.1, -0.05) is 126 Å². The lowest BCUT2D eigenvalue weighted by Crippen LogP contribution is -2.45. The van der Waals surface area contributed by atoms with E-state index in [9.17, 15) is 13.2 Å². The van der Waals surface area contributed by atoms with E-state index in [0.29, 0.717) is 12.2 Å². The molecule has 3 saturated heterocycles. The van der Waals surface area contributed by atoms with Crippen LogP contribution in [0.5, 0.6) is 0 Å². The molecule has 0 saturated carbocycles. The van der Waals surface area contributed by atoms with E-state index in [1.54, 1.807) is 17.8 Å². The van der Waals surface area contributed by atoms with Crippen molar-refractivity contribution in [3.63, 3.8) is 0 Å². The summed E-state index contributed by atoms with van der Waals surface area (Å²) in [7, 11) is 6.64. The topological polar surface area (TPSA) is 38.0 Å². The monoisotopic (exact) mass is 1350 g/mol. The summed E-state index contributed by atoms with van der Waals surface area (Å²) in [5, 5.41) is 4.23. The van der Waals surface area contributed by atoms with Crippen LogP contribution < -0.4 is 20.0 Å². The van der Waals surface area contributed by atoms with Crippen molar-refractivity contribution >= 4 is 116 Å². The molecule has 1 atom stereocenters. The zero-order valence-electron chi connectivity index (χ0n) is 53.1. The highest BCUT2D eigenvalue weighted by molar-refractivity contribution is 8.00. The summed E-state index contributed by atoms with van der Waals surface area (Å²) in [4.78, 5) is 30.7. The Hall–Kier alpha value is -5.41. The van der Waals surface area contributed by atoms with Crippen molar-refractivity contribution < 1.29 is 13.2 Å². The minimum Gasteiger partial charge on any atom is -0.354 e. The predicted octanol–water partition coefficient (Wildman–Crippen LogP) is 19.3. The van der Waals surface area contributed by atoms with Crippen LogP contribution in [0, 0.1) is 0 Å². The Morgan fingerprint density at radius 3 is 1.37 bits per heavy atom. The van der Waals surface area contributed by atoms with Crippen LogP contribution in [0.2, 0.25) is 5.02 Å². The molecule has 8 aromatic rings. The maximum Gasteiger partial charge on any atom is 0.416 e. The molecule has 0 aliphatic carbocycles. The molecule has 482 valence electrons. The fourth-order valence-electron chi connectivity index (χ4n) is 12.9. The van der Waals surface area contributed by atoms with Gasteiger partial charge >= 0.3 is 6.18 Å². The Morgan fingerprint density at radius 1 is 0.446 bits per heavy atom. The highest BCUT2D eigenvalue weighted by Gasteiger charge is 2.34. The lowest BCUT2D eigenvalue weighted by Gasteiger charge is -2.37. The Bertz CT molecular complexity index is 3680. The predicted molar refractivity (Wildman–Crippen MR) is 386 cm³/mol. The third kappa shape index (κ3) is 16.6. The number of anilines is 8. The smallest absolute Gasteiger partial charge is 0.354 e. The van der Waals surface area contributed by atoms with E-state index in [2.05, 4.69) is 199 Å². The van der Waals surface area contributed by atoms with Gasteiger partial charge < -0.3 is 44.5 Å². The average Bonchev–Trinajstić information content (AvgIpc) is 0.819. The number of nitrogens with one attached hydrogen (secondary N) is 1. The molecule has 15 rings (SSSR count). The van der Waals surface area contributed by atoms with Crippen LogP contribution in [0.4, 0.5) is 58.7 Å². The fourth-order valence-corrected chi connectivity index (χ4v) is 17.7. The van der Waals surface area contributed by atoms with Crippen LogP contribution in [0.25, 0.3) is 0 Å². The first-order chi connectivity index (χ1) is 44.8. The van der Waals surface area contributed by atoms with Gasteiger partial charge in [-0.3, -0.25) is 0 Å². The number of benzene rings is 8. The number of alkyl halides is 3. The Kier molecular flexibility index (Phi) is 22.8. The summed E-state index contributed by atoms with van der Waals surface area (Å²) in [6.45, 7) is 15.2. The average molecular weight is 1350 g/mol. The molecular formula is C74H83ClF3N9S5. The molecular weight excluding hydrogens is 1270 g/mol. The second kappa shape index (κ2) is 31.4. The van der Waals surface area contributed by atoms with E-state index in [1.807, 2.05) is 77.4 Å². The van der Waals surface area contributed by atoms with Crippen LogP contribution in [-0.4, -0.2) is 150 Å². The second-order valence-electron chi connectivity index (χ2n) is 24.4. The van der Waals surface area contributed by atoms with Crippen molar-refractivity contribution in [3.8, 4) is 0 Å². The second-order valence-corrected chi connectivity index (χ2v) is 30.1. The molecule has 7 heterocycles. The summed E-state index contributed by atoms with van der Waals surface area (Å²) < 4.78 is 39.8. The van der Waals surface area contributed by atoms with Gasteiger partial charge in [0.2, 0.25) is 0 Å². The summed E-state index contributed by atoms with van der Waals surface area (Å²) >= 11 is 15.2.